The lowest BCUT2D eigenvalue weighted by molar-refractivity contribution is -0.138. The third-order valence-corrected chi connectivity index (χ3v) is 6.26. The molecule has 31 heavy (non-hydrogen) atoms. The Morgan fingerprint density at radius 2 is 1.84 bits per heavy atom. The summed E-state index contributed by atoms with van der Waals surface area (Å²) in [7, 11) is -3.30. The fourth-order valence-electron chi connectivity index (χ4n) is 3.43. The SMILES string of the molecule is CS(=O)(=O)N1CCN(c2cnc3c(-c4ccc(F)c(O)c4C(F)(F)F)n[nH]c3n2)CC1. The molecule has 3 heterocycles. The van der Waals surface area contributed by atoms with Crippen molar-refractivity contribution in [2.75, 3.05) is 37.3 Å². The van der Waals surface area contributed by atoms with Crippen LogP contribution in [0.4, 0.5) is 23.4 Å². The third kappa shape index (κ3) is 3.87. The highest BCUT2D eigenvalue weighted by Crippen LogP contribution is 2.44. The first kappa shape index (κ1) is 21.2. The normalized spacial score (nSPS) is 16.2. The maximum absolute atomic E-state index is 13.6. The fourth-order valence-corrected chi connectivity index (χ4v) is 4.26. The number of sulfonamides is 1. The minimum Gasteiger partial charge on any atom is -0.504 e. The van der Waals surface area contributed by atoms with Crippen LogP contribution in [-0.4, -0.2) is 70.4 Å². The predicted octanol–water partition coefficient (Wildman–Crippen LogP) is 1.96. The Balaban J connectivity index is 1.70. The van der Waals surface area contributed by atoms with Crippen molar-refractivity contribution < 1.29 is 31.1 Å². The molecule has 4 rings (SSSR count). The smallest absolute Gasteiger partial charge is 0.420 e. The second-order valence-corrected chi connectivity index (χ2v) is 8.95. The number of piperazine rings is 1. The van der Waals surface area contributed by atoms with Gasteiger partial charge in [0.05, 0.1) is 12.5 Å². The maximum atomic E-state index is 13.6. The summed E-state index contributed by atoms with van der Waals surface area (Å²) in [4.78, 5) is 10.3. The van der Waals surface area contributed by atoms with Gasteiger partial charge in [-0.05, 0) is 12.1 Å². The first-order valence-electron chi connectivity index (χ1n) is 8.97. The lowest BCUT2D eigenvalue weighted by atomic mass is 10.0. The monoisotopic (exact) mass is 460 g/mol. The van der Waals surface area contributed by atoms with Crippen LogP contribution < -0.4 is 4.90 Å². The van der Waals surface area contributed by atoms with Gasteiger partial charge in [0.15, 0.2) is 17.2 Å². The summed E-state index contributed by atoms with van der Waals surface area (Å²) in [5.74, 6) is -2.53. The van der Waals surface area contributed by atoms with Gasteiger partial charge in [0.25, 0.3) is 0 Å². The number of anilines is 1. The maximum Gasteiger partial charge on any atom is 0.420 e. The molecule has 1 saturated heterocycles. The number of phenols is 1. The summed E-state index contributed by atoms with van der Waals surface area (Å²) in [5.41, 5.74) is -2.23. The number of aromatic hydroxyl groups is 1. The predicted molar refractivity (Wildman–Crippen MR) is 102 cm³/mol. The number of halogens is 4. The number of fused-ring (bicyclic) bond motifs is 1. The van der Waals surface area contributed by atoms with Gasteiger partial charge in [-0.2, -0.15) is 22.6 Å². The molecule has 0 bridgehead atoms. The van der Waals surface area contributed by atoms with E-state index in [2.05, 4.69) is 20.2 Å². The van der Waals surface area contributed by atoms with Gasteiger partial charge in [0, 0.05) is 31.7 Å². The van der Waals surface area contributed by atoms with E-state index in [0.717, 1.165) is 12.3 Å². The minimum atomic E-state index is -5.03. The molecule has 1 aromatic carbocycles. The van der Waals surface area contributed by atoms with Crippen molar-refractivity contribution in [3.05, 3.63) is 29.7 Å². The van der Waals surface area contributed by atoms with Crippen LogP contribution in [0.1, 0.15) is 5.56 Å². The van der Waals surface area contributed by atoms with Crippen LogP contribution >= 0.6 is 0 Å². The average Bonchev–Trinajstić information content (AvgIpc) is 3.11. The standard InChI is InChI=1S/C17H16F4N6O3S/c1-31(29,30)27-6-4-26(5-7-27)11-8-22-14-13(24-25-16(14)23-11)9-2-3-10(18)15(28)12(9)17(19,20)21/h2-3,8,28H,4-7H2,1H3,(H,23,24,25). The van der Waals surface area contributed by atoms with Crippen LogP contribution in [0.5, 0.6) is 5.75 Å². The Kier molecular flexibility index (Phi) is 5.00. The van der Waals surface area contributed by atoms with Gasteiger partial charge >= 0.3 is 6.18 Å². The van der Waals surface area contributed by atoms with Crippen molar-refractivity contribution >= 4 is 27.0 Å². The lowest BCUT2D eigenvalue weighted by Gasteiger charge is -2.33. The molecule has 1 aliphatic heterocycles. The third-order valence-electron chi connectivity index (χ3n) is 4.96. The summed E-state index contributed by atoms with van der Waals surface area (Å²) < 4.78 is 78.5. The number of alkyl halides is 3. The summed E-state index contributed by atoms with van der Waals surface area (Å²) in [6.45, 7) is 1.24. The van der Waals surface area contributed by atoms with E-state index in [1.807, 2.05) is 0 Å². The van der Waals surface area contributed by atoms with Crippen LogP contribution in [0.15, 0.2) is 18.3 Å². The highest BCUT2D eigenvalue weighted by Gasteiger charge is 2.39. The van der Waals surface area contributed by atoms with Gasteiger partial charge in [-0.3, -0.25) is 5.10 Å². The number of benzene rings is 1. The Morgan fingerprint density at radius 1 is 1.16 bits per heavy atom. The van der Waals surface area contributed by atoms with E-state index in [4.69, 9.17) is 0 Å². The number of hydrogen-bond donors (Lipinski definition) is 2. The van der Waals surface area contributed by atoms with Crippen molar-refractivity contribution in [1.82, 2.24) is 24.5 Å². The molecule has 14 heteroatoms. The van der Waals surface area contributed by atoms with Crippen LogP contribution in [0.25, 0.3) is 22.4 Å². The largest absolute Gasteiger partial charge is 0.504 e. The molecule has 166 valence electrons. The topological polar surface area (TPSA) is 115 Å². The zero-order chi connectivity index (χ0) is 22.6. The summed E-state index contributed by atoms with van der Waals surface area (Å²) in [5, 5.41) is 16.0. The Morgan fingerprint density at radius 3 is 2.45 bits per heavy atom. The molecule has 1 aliphatic rings. The van der Waals surface area contributed by atoms with Crippen molar-refractivity contribution in [2.24, 2.45) is 0 Å². The van der Waals surface area contributed by atoms with Crippen LogP contribution in [0, 0.1) is 5.82 Å². The Labute approximate surface area is 173 Å². The van der Waals surface area contributed by atoms with E-state index in [1.54, 1.807) is 4.90 Å². The van der Waals surface area contributed by atoms with E-state index in [9.17, 15) is 31.1 Å². The molecular formula is C17H16F4N6O3S. The fraction of sp³-hybridized carbons (Fsp3) is 0.353. The van der Waals surface area contributed by atoms with Gasteiger partial charge in [-0.25, -0.2) is 22.8 Å². The highest BCUT2D eigenvalue weighted by atomic mass is 32.2. The van der Waals surface area contributed by atoms with E-state index >= 15 is 0 Å². The van der Waals surface area contributed by atoms with Crippen molar-refractivity contribution in [1.29, 1.82) is 0 Å². The number of nitrogens with one attached hydrogen (secondary N) is 1. The molecule has 0 amide bonds. The van der Waals surface area contributed by atoms with E-state index in [-0.39, 0.29) is 29.9 Å². The van der Waals surface area contributed by atoms with Crippen molar-refractivity contribution in [3.63, 3.8) is 0 Å². The minimum absolute atomic E-state index is 0.00929. The second-order valence-electron chi connectivity index (χ2n) is 6.96. The molecule has 9 nitrogen and oxygen atoms in total. The van der Waals surface area contributed by atoms with Crippen LogP contribution in [-0.2, 0) is 16.2 Å². The average molecular weight is 460 g/mol. The van der Waals surface area contributed by atoms with Crippen LogP contribution in [0.3, 0.4) is 0 Å². The molecule has 0 radical (unpaired) electrons. The second kappa shape index (κ2) is 7.30. The summed E-state index contributed by atoms with van der Waals surface area (Å²) >= 11 is 0. The Bertz CT molecular complexity index is 1250. The summed E-state index contributed by atoms with van der Waals surface area (Å²) in [6.07, 6.45) is -2.56. The van der Waals surface area contributed by atoms with Crippen molar-refractivity contribution in [2.45, 2.75) is 6.18 Å². The molecule has 0 unspecified atom stereocenters. The number of nitrogens with zero attached hydrogens (tertiary/aromatic N) is 5. The quantitative estimate of drug-likeness (QED) is 0.574. The number of phenolic OH excluding ortho intramolecular Hbond substituents is 1. The highest BCUT2D eigenvalue weighted by molar-refractivity contribution is 7.88. The molecule has 1 fully saturated rings. The zero-order valence-electron chi connectivity index (χ0n) is 16.0. The summed E-state index contributed by atoms with van der Waals surface area (Å²) in [6, 6.07) is 1.58. The van der Waals surface area contributed by atoms with E-state index < -0.39 is 38.9 Å². The molecule has 0 atom stereocenters. The molecule has 3 aromatic rings. The lowest BCUT2D eigenvalue weighted by Crippen LogP contribution is -2.48. The molecule has 0 saturated carbocycles. The molecule has 0 aliphatic carbocycles. The van der Waals surface area contributed by atoms with E-state index in [0.29, 0.717) is 25.0 Å². The first-order chi connectivity index (χ1) is 14.5. The van der Waals surface area contributed by atoms with E-state index in [1.165, 1.54) is 10.5 Å². The van der Waals surface area contributed by atoms with Crippen molar-refractivity contribution in [3.8, 4) is 17.0 Å². The molecular weight excluding hydrogens is 444 g/mol. The number of hydrogen-bond acceptors (Lipinski definition) is 7. The number of rotatable bonds is 3. The number of aromatic amines is 1. The van der Waals surface area contributed by atoms with Gasteiger partial charge in [0.1, 0.15) is 22.6 Å². The molecule has 0 spiro atoms. The van der Waals surface area contributed by atoms with Gasteiger partial charge in [-0.1, -0.05) is 0 Å². The first-order valence-corrected chi connectivity index (χ1v) is 10.8. The van der Waals surface area contributed by atoms with Crippen LogP contribution in [0.2, 0.25) is 0 Å². The Hall–Kier alpha value is -3.00. The van der Waals surface area contributed by atoms with Gasteiger partial charge < -0.3 is 10.0 Å². The number of aromatic nitrogens is 4. The van der Waals surface area contributed by atoms with Gasteiger partial charge in [0.2, 0.25) is 10.0 Å². The number of H-pyrrole nitrogens is 1. The molecule has 2 N–H and O–H groups in total. The zero-order valence-corrected chi connectivity index (χ0v) is 16.8. The molecule has 2 aromatic heterocycles. The van der Waals surface area contributed by atoms with Gasteiger partial charge in [-0.15, -0.1) is 0 Å².